The summed E-state index contributed by atoms with van der Waals surface area (Å²) in [5.74, 6) is 0.377. The number of hydrogen-bond acceptors (Lipinski definition) is 4. The van der Waals surface area contributed by atoms with Gasteiger partial charge in [0.2, 0.25) is 15.9 Å². The first-order chi connectivity index (χ1) is 10.9. The smallest absolute Gasteiger partial charge is 0.240 e. The van der Waals surface area contributed by atoms with Crippen molar-refractivity contribution in [3.05, 3.63) is 28.2 Å². The molecule has 136 valence electrons. The van der Waals surface area contributed by atoms with Gasteiger partial charge in [-0.1, -0.05) is 44.0 Å². The van der Waals surface area contributed by atoms with E-state index < -0.39 is 10.0 Å². The highest BCUT2D eigenvalue weighted by atomic mass is 35.5. The molecule has 1 amide bonds. The zero-order chi connectivity index (χ0) is 18.5. The van der Waals surface area contributed by atoms with Crippen LogP contribution in [0.15, 0.2) is 18.2 Å². The Bertz CT molecular complexity index is 688. The van der Waals surface area contributed by atoms with Gasteiger partial charge in [-0.3, -0.25) is 9.10 Å². The Balaban J connectivity index is 2.74. The molecule has 0 heterocycles. The normalized spacial score (nSPS) is 12.1. The average molecular weight is 413 g/mol. The van der Waals surface area contributed by atoms with Crippen LogP contribution in [-0.2, 0) is 14.8 Å². The Kier molecular flexibility index (Phi) is 7.72. The van der Waals surface area contributed by atoms with Crippen LogP contribution in [0.1, 0.15) is 20.8 Å². The highest BCUT2D eigenvalue weighted by Gasteiger charge is 2.21. The number of thioether (sulfide) groups is 1. The molecular weight excluding hydrogens is 391 g/mol. The van der Waals surface area contributed by atoms with Gasteiger partial charge in [0.1, 0.15) is 6.54 Å². The van der Waals surface area contributed by atoms with E-state index in [1.54, 1.807) is 11.8 Å². The van der Waals surface area contributed by atoms with Crippen molar-refractivity contribution in [2.45, 2.75) is 25.5 Å². The topological polar surface area (TPSA) is 66.5 Å². The average Bonchev–Trinajstić information content (AvgIpc) is 2.42. The van der Waals surface area contributed by atoms with Crippen molar-refractivity contribution >= 4 is 56.6 Å². The first-order valence-electron chi connectivity index (χ1n) is 7.23. The first-order valence-corrected chi connectivity index (χ1v) is 10.8. The number of anilines is 1. The SMILES string of the molecule is CC(C)(C)SCCNC(=O)CN(c1ccc(Cl)c(Cl)c1)S(C)(=O)=O. The maximum absolute atomic E-state index is 12.1. The minimum Gasteiger partial charge on any atom is -0.354 e. The number of halogens is 2. The highest BCUT2D eigenvalue weighted by Crippen LogP contribution is 2.28. The van der Waals surface area contributed by atoms with E-state index in [1.165, 1.54) is 18.2 Å². The molecule has 1 N–H and O–H groups in total. The predicted octanol–water partition coefficient (Wildman–Crippen LogP) is 3.41. The number of sulfonamides is 1. The number of amides is 1. The summed E-state index contributed by atoms with van der Waals surface area (Å²) >= 11 is 13.5. The molecule has 0 spiro atoms. The molecule has 0 aliphatic rings. The summed E-state index contributed by atoms with van der Waals surface area (Å²) in [6, 6.07) is 4.43. The van der Waals surface area contributed by atoms with Gasteiger partial charge in [-0.15, -0.1) is 0 Å². The van der Waals surface area contributed by atoms with Crippen LogP contribution >= 0.6 is 35.0 Å². The molecule has 5 nitrogen and oxygen atoms in total. The lowest BCUT2D eigenvalue weighted by atomic mass is 10.3. The Morgan fingerprint density at radius 1 is 1.25 bits per heavy atom. The van der Waals surface area contributed by atoms with Crippen molar-refractivity contribution in [3.63, 3.8) is 0 Å². The highest BCUT2D eigenvalue weighted by molar-refractivity contribution is 8.00. The molecule has 1 aromatic rings. The number of nitrogens with one attached hydrogen (secondary N) is 1. The molecule has 9 heteroatoms. The van der Waals surface area contributed by atoms with Gasteiger partial charge in [0, 0.05) is 17.0 Å². The summed E-state index contributed by atoms with van der Waals surface area (Å²) in [7, 11) is -3.63. The molecule has 0 saturated carbocycles. The number of carbonyl (C=O) groups excluding carboxylic acids is 1. The van der Waals surface area contributed by atoms with Crippen molar-refractivity contribution in [1.82, 2.24) is 5.32 Å². The molecule has 0 aromatic heterocycles. The monoisotopic (exact) mass is 412 g/mol. The maximum Gasteiger partial charge on any atom is 0.240 e. The molecule has 0 unspecified atom stereocenters. The molecule has 0 fully saturated rings. The van der Waals surface area contributed by atoms with E-state index in [9.17, 15) is 13.2 Å². The van der Waals surface area contributed by atoms with Crippen LogP contribution in [-0.4, -0.2) is 44.2 Å². The first kappa shape index (κ1) is 21.4. The number of nitrogens with zero attached hydrogens (tertiary/aromatic N) is 1. The standard InChI is InChI=1S/C15H22Cl2N2O3S2/c1-15(2,3)23-8-7-18-14(20)10-19(24(4,21)22)11-5-6-12(16)13(17)9-11/h5-6,9H,7-8,10H2,1-4H3,(H,18,20). The van der Waals surface area contributed by atoms with Crippen molar-refractivity contribution in [2.75, 3.05) is 29.4 Å². The number of hydrogen-bond donors (Lipinski definition) is 1. The minimum atomic E-state index is -3.63. The number of rotatable bonds is 7. The molecule has 24 heavy (non-hydrogen) atoms. The summed E-state index contributed by atoms with van der Waals surface area (Å²) in [5.41, 5.74) is 0.297. The van der Waals surface area contributed by atoms with E-state index in [4.69, 9.17) is 23.2 Å². The fourth-order valence-corrected chi connectivity index (χ4v) is 3.73. The maximum atomic E-state index is 12.1. The number of carbonyl (C=O) groups is 1. The molecule has 1 aromatic carbocycles. The van der Waals surface area contributed by atoms with Crippen LogP contribution in [0, 0.1) is 0 Å². The van der Waals surface area contributed by atoms with Gasteiger partial charge in [0.15, 0.2) is 0 Å². The van der Waals surface area contributed by atoms with Gasteiger partial charge < -0.3 is 5.32 Å². The fraction of sp³-hybridized carbons (Fsp3) is 0.533. The summed E-state index contributed by atoms with van der Waals surface area (Å²) < 4.78 is 25.1. The molecular formula is C15H22Cl2N2O3S2. The van der Waals surface area contributed by atoms with Crippen molar-refractivity contribution in [2.24, 2.45) is 0 Å². The van der Waals surface area contributed by atoms with E-state index in [1.807, 2.05) is 0 Å². The lowest BCUT2D eigenvalue weighted by molar-refractivity contribution is -0.119. The molecule has 0 aliphatic heterocycles. The summed E-state index contributed by atoms with van der Waals surface area (Å²) in [4.78, 5) is 12.1. The van der Waals surface area contributed by atoms with Gasteiger partial charge in [0.05, 0.1) is 22.0 Å². The Morgan fingerprint density at radius 3 is 2.38 bits per heavy atom. The van der Waals surface area contributed by atoms with Crippen LogP contribution in [0.5, 0.6) is 0 Å². The quantitative estimate of drug-likeness (QED) is 0.696. The van der Waals surface area contributed by atoms with Gasteiger partial charge in [-0.2, -0.15) is 11.8 Å². The van der Waals surface area contributed by atoms with E-state index in [-0.39, 0.29) is 22.2 Å². The zero-order valence-corrected chi connectivity index (χ0v) is 17.2. The molecule has 0 saturated heterocycles. The van der Waals surface area contributed by atoms with Gasteiger partial charge in [0.25, 0.3) is 0 Å². The predicted molar refractivity (Wildman–Crippen MR) is 104 cm³/mol. The second-order valence-corrected chi connectivity index (χ2v) is 10.8. The second kappa shape index (κ2) is 8.65. The Hall–Kier alpha value is -0.630. The van der Waals surface area contributed by atoms with Gasteiger partial charge in [-0.05, 0) is 18.2 Å². The van der Waals surface area contributed by atoms with E-state index in [0.717, 1.165) is 16.3 Å². The summed E-state index contributed by atoms with van der Waals surface area (Å²) in [6.45, 7) is 6.44. The molecule has 1 rings (SSSR count). The van der Waals surface area contributed by atoms with Crippen LogP contribution in [0.4, 0.5) is 5.69 Å². The lowest BCUT2D eigenvalue weighted by Crippen LogP contribution is -2.41. The van der Waals surface area contributed by atoms with Gasteiger partial charge >= 0.3 is 0 Å². The zero-order valence-electron chi connectivity index (χ0n) is 14.1. The van der Waals surface area contributed by atoms with Crippen LogP contribution in [0.25, 0.3) is 0 Å². The van der Waals surface area contributed by atoms with Crippen LogP contribution in [0.3, 0.4) is 0 Å². The Morgan fingerprint density at radius 2 is 1.88 bits per heavy atom. The largest absolute Gasteiger partial charge is 0.354 e. The van der Waals surface area contributed by atoms with E-state index in [0.29, 0.717) is 17.3 Å². The van der Waals surface area contributed by atoms with E-state index >= 15 is 0 Å². The Labute approximate surface area is 158 Å². The minimum absolute atomic E-state index is 0.115. The summed E-state index contributed by atoms with van der Waals surface area (Å²) in [6.07, 6.45) is 1.04. The third kappa shape index (κ3) is 7.51. The van der Waals surface area contributed by atoms with Crippen molar-refractivity contribution < 1.29 is 13.2 Å². The third-order valence-electron chi connectivity index (χ3n) is 2.84. The lowest BCUT2D eigenvalue weighted by Gasteiger charge is -2.22. The second-order valence-electron chi connectivity index (χ2n) is 6.18. The molecule has 0 aliphatic carbocycles. The third-order valence-corrected chi connectivity index (χ3v) is 5.99. The van der Waals surface area contributed by atoms with Crippen molar-refractivity contribution in [1.29, 1.82) is 0 Å². The summed E-state index contributed by atoms with van der Waals surface area (Å²) in [5, 5.41) is 3.27. The fourth-order valence-electron chi connectivity index (χ4n) is 1.77. The molecule has 0 bridgehead atoms. The van der Waals surface area contributed by atoms with E-state index in [2.05, 4.69) is 26.1 Å². The van der Waals surface area contributed by atoms with Crippen molar-refractivity contribution in [3.8, 4) is 0 Å². The number of benzene rings is 1. The molecule has 0 atom stereocenters. The van der Waals surface area contributed by atoms with Crippen LogP contribution in [0.2, 0.25) is 10.0 Å². The van der Waals surface area contributed by atoms with Gasteiger partial charge in [-0.25, -0.2) is 8.42 Å². The molecule has 0 radical (unpaired) electrons. The van der Waals surface area contributed by atoms with Crippen LogP contribution < -0.4 is 9.62 Å².